The molecule has 1 rings (SSSR count). The molecule has 1 fully saturated rings. The molecular formula is C10H21N3O2. The molecule has 0 spiro atoms. The second kappa shape index (κ2) is 6.05. The highest BCUT2D eigenvalue weighted by molar-refractivity contribution is 5.78. The average Bonchev–Trinajstić information content (AvgIpc) is 2.18. The first-order valence-corrected chi connectivity index (χ1v) is 5.39. The van der Waals surface area contributed by atoms with Crippen LogP contribution in [0, 0.1) is 0 Å². The standard InChI is InChI=1S/C10H21N3O2/c1-11(2)9-10(15)13-5-3-12(4-6-13)7-8-14/h14H,3-9H2,1-2H3. The average molecular weight is 215 g/mol. The quantitative estimate of drug-likeness (QED) is 0.632. The van der Waals surface area contributed by atoms with Gasteiger partial charge in [-0.25, -0.2) is 0 Å². The molecule has 0 aromatic rings. The fourth-order valence-electron chi connectivity index (χ4n) is 1.73. The fraction of sp³-hybridized carbons (Fsp3) is 0.900. The van der Waals surface area contributed by atoms with Crippen molar-refractivity contribution in [2.45, 2.75) is 0 Å². The van der Waals surface area contributed by atoms with Gasteiger partial charge in [-0.1, -0.05) is 0 Å². The van der Waals surface area contributed by atoms with Gasteiger partial charge in [-0.3, -0.25) is 9.69 Å². The Kier molecular flexibility index (Phi) is 5.01. The first-order valence-electron chi connectivity index (χ1n) is 5.39. The topological polar surface area (TPSA) is 47.0 Å². The second-order valence-electron chi connectivity index (χ2n) is 4.18. The van der Waals surface area contributed by atoms with Gasteiger partial charge in [-0.05, 0) is 14.1 Å². The number of piperazine rings is 1. The van der Waals surface area contributed by atoms with Crippen molar-refractivity contribution >= 4 is 5.91 Å². The first-order chi connectivity index (χ1) is 7.13. The molecule has 15 heavy (non-hydrogen) atoms. The summed E-state index contributed by atoms with van der Waals surface area (Å²) in [7, 11) is 3.81. The van der Waals surface area contributed by atoms with Gasteiger partial charge in [-0.2, -0.15) is 0 Å². The maximum Gasteiger partial charge on any atom is 0.236 e. The molecule has 1 amide bonds. The summed E-state index contributed by atoms with van der Waals surface area (Å²) in [5.74, 6) is 0.198. The molecule has 0 bridgehead atoms. The van der Waals surface area contributed by atoms with Crippen molar-refractivity contribution in [1.82, 2.24) is 14.7 Å². The molecule has 0 aliphatic carbocycles. The van der Waals surface area contributed by atoms with Crippen molar-refractivity contribution in [1.29, 1.82) is 0 Å². The van der Waals surface area contributed by atoms with Gasteiger partial charge >= 0.3 is 0 Å². The Morgan fingerprint density at radius 3 is 2.33 bits per heavy atom. The number of rotatable bonds is 4. The van der Waals surface area contributed by atoms with E-state index >= 15 is 0 Å². The van der Waals surface area contributed by atoms with E-state index in [2.05, 4.69) is 4.90 Å². The maximum atomic E-state index is 11.7. The summed E-state index contributed by atoms with van der Waals surface area (Å²) in [6.07, 6.45) is 0. The van der Waals surface area contributed by atoms with Crippen LogP contribution in [0.15, 0.2) is 0 Å². The predicted molar refractivity (Wildman–Crippen MR) is 58.7 cm³/mol. The van der Waals surface area contributed by atoms with Crippen LogP contribution in [0.3, 0.4) is 0 Å². The number of β-amino-alcohol motifs (C(OH)–C–C–N with tert-alkyl or cyclic N) is 1. The second-order valence-corrected chi connectivity index (χ2v) is 4.18. The van der Waals surface area contributed by atoms with Crippen LogP contribution in [-0.2, 0) is 4.79 Å². The van der Waals surface area contributed by atoms with Crippen molar-refractivity contribution in [3.05, 3.63) is 0 Å². The number of carbonyl (C=O) groups is 1. The van der Waals surface area contributed by atoms with E-state index in [4.69, 9.17) is 5.11 Å². The normalized spacial score (nSPS) is 18.5. The Hall–Kier alpha value is -0.650. The smallest absolute Gasteiger partial charge is 0.236 e. The van der Waals surface area contributed by atoms with Crippen LogP contribution in [0.25, 0.3) is 0 Å². The summed E-state index contributed by atoms with van der Waals surface area (Å²) >= 11 is 0. The Labute approximate surface area is 91.3 Å². The van der Waals surface area contributed by atoms with Gasteiger partial charge in [-0.15, -0.1) is 0 Å². The Bertz CT molecular complexity index is 201. The first kappa shape index (κ1) is 12.4. The SMILES string of the molecule is CN(C)CC(=O)N1CCN(CCO)CC1. The minimum absolute atomic E-state index is 0.198. The summed E-state index contributed by atoms with van der Waals surface area (Å²) in [5, 5.41) is 8.78. The molecule has 0 aromatic carbocycles. The van der Waals surface area contributed by atoms with Crippen LogP contribution in [0.1, 0.15) is 0 Å². The van der Waals surface area contributed by atoms with E-state index in [1.165, 1.54) is 0 Å². The predicted octanol–water partition coefficient (Wildman–Crippen LogP) is -1.32. The summed E-state index contributed by atoms with van der Waals surface area (Å²) in [6.45, 7) is 4.72. The highest BCUT2D eigenvalue weighted by atomic mass is 16.3. The van der Waals surface area contributed by atoms with Gasteiger partial charge in [0.25, 0.3) is 0 Å². The molecule has 0 radical (unpaired) electrons. The summed E-state index contributed by atoms with van der Waals surface area (Å²) in [5.41, 5.74) is 0. The van der Waals surface area contributed by atoms with Gasteiger partial charge < -0.3 is 14.9 Å². The van der Waals surface area contributed by atoms with Crippen LogP contribution in [-0.4, -0.2) is 85.7 Å². The molecule has 1 saturated heterocycles. The minimum Gasteiger partial charge on any atom is -0.395 e. The van der Waals surface area contributed by atoms with Gasteiger partial charge in [0.05, 0.1) is 13.2 Å². The third-order valence-electron chi connectivity index (χ3n) is 2.59. The lowest BCUT2D eigenvalue weighted by Crippen LogP contribution is -2.51. The number of likely N-dealkylation sites (N-methyl/N-ethyl adjacent to an activating group) is 1. The summed E-state index contributed by atoms with van der Waals surface area (Å²) in [4.78, 5) is 17.7. The number of aliphatic hydroxyl groups is 1. The van der Waals surface area contributed by atoms with Crippen molar-refractivity contribution in [3.63, 3.8) is 0 Å². The minimum atomic E-state index is 0.198. The third-order valence-corrected chi connectivity index (χ3v) is 2.59. The van der Waals surface area contributed by atoms with E-state index in [-0.39, 0.29) is 12.5 Å². The summed E-state index contributed by atoms with van der Waals surface area (Å²) in [6, 6.07) is 0. The van der Waals surface area contributed by atoms with Crippen LogP contribution in [0.2, 0.25) is 0 Å². The molecule has 0 atom stereocenters. The molecule has 1 aliphatic rings. The number of carbonyl (C=O) groups excluding carboxylic acids is 1. The molecule has 1 N–H and O–H groups in total. The lowest BCUT2D eigenvalue weighted by molar-refractivity contribution is -0.133. The monoisotopic (exact) mass is 215 g/mol. The van der Waals surface area contributed by atoms with Crippen molar-refractivity contribution in [2.24, 2.45) is 0 Å². The zero-order valence-electron chi connectivity index (χ0n) is 9.65. The van der Waals surface area contributed by atoms with Crippen LogP contribution in [0.4, 0.5) is 0 Å². The van der Waals surface area contributed by atoms with Crippen molar-refractivity contribution < 1.29 is 9.90 Å². The lowest BCUT2D eigenvalue weighted by atomic mass is 10.3. The number of nitrogens with zero attached hydrogens (tertiary/aromatic N) is 3. The fourth-order valence-corrected chi connectivity index (χ4v) is 1.73. The number of amides is 1. The number of hydrogen-bond acceptors (Lipinski definition) is 4. The van der Waals surface area contributed by atoms with Crippen molar-refractivity contribution in [3.8, 4) is 0 Å². The van der Waals surface area contributed by atoms with Gasteiger partial charge in [0.1, 0.15) is 0 Å². The third kappa shape index (κ3) is 4.15. The Balaban J connectivity index is 2.27. The molecule has 0 unspecified atom stereocenters. The molecule has 0 aromatic heterocycles. The molecule has 0 saturated carbocycles. The van der Waals surface area contributed by atoms with E-state index in [0.717, 1.165) is 32.7 Å². The zero-order chi connectivity index (χ0) is 11.3. The van der Waals surface area contributed by atoms with E-state index < -0.39 is 0 Å². The van der Waals surface area contributed by atoms with Crippen molar-refractivity contribution in [2.75, 3.05) is 60.0 Å². The van der Waals surface area contributed by atoms with E-state index in [1.807, 2.05) is 23.9 Å². The molecule has 5 nitrogen and oxygen atoms in total. The molecule has 5 heteroatoms. The van der Waals surface area contributed by atoms with Gasteiger partial charge in [0.15, 0.2) is 0 Å². The van der Waals surface area contributed by atoms with Crippen LogP contribution in [0.5, 0.6) is 0 Å². The van der Waals surface area contributed by atoms with E-state index in [9.17, 15) is 4.79 Å². The largest absolute Gasteiger partial charge is 0.395 e. The summed E-state index contributed by atoms with van der Waals surface area (Å²) < 4.78 is 0. The Morgan fingerprint density at radius 2 is 1.87 bits per heavy atom. The molecule has 88 valence electrons. The maximum absolute atomic E-state index is 11.7. The number of hydrogen-bond donors (Lipinski definition) is 1. The number of aliphatic hydroxyl groups excluding tert-OH is 1. The molecule has 1 aliphatic heterocycles. The van der Waals surface area contributed by atoms with Gasteiger partial charge in [0, 0.05) is 32.7 Å². The van der Waals surface area contributed by atoms with Gasteiger partial charge in [0.2, 0.25) is 5.91 Å². The molecular weight excluding hydrogens is 194 g/mol. The van der Waals surface area contributed by atoms with E-state index in [1.54, 1.807) is 0 Å². The highest BCUT2D eigenvalue weighted by Crippen LogP contribution is 2.01. The highest BCUT2D eigenvalue weighted by Gasteiger charge is 2.20. The Morgan fingerprint density at radius 1 is 1.27 bits per heavy atom. The lowest BCUT2D eigenvalue weighted by Gasteiger charge is -2.34. The molecule has 1 heterocycles. The van der Waals surface area contributed by atoms with E-state index in [0.29, 0.717) is 6.54 Å². The zero-order valence-corrected chi connectivity index (χ0v) is 9.65. The van der Waals surface area contributed by atoms with Crippen LogP contribution >= 0.6 is 0 Å². The van der Waals surface area contributed by atoms with Crippen LogP contribution < -0.4 is 0 Å².